The lowest BCUT2D eigenvalue weighted by Gasteiger charge is -2.44. The molecule has 4 N–H and O–H groups in total. The lowest BCUT2D eigenvalue weighted by atomic mass is 9.70. The Hall–Kier alpha value is -3.74. The second-order valence-electron chi connectivity index (χ2n) is 14.9. The number of nitrogens with one attached hydrogen (secondary N) is 2. The van der Waals surface area contributed by atoms with E-state index in [1.807, 2.05) is 48.5 Å². The minimum Gasteiger partial charge on any atom is -0.387 e. The molecule has 252 valence electrons. The first-order valence-electron chi connectivity index (χ1n) is 18.4. The smallest absolute Gasteiger partial charge is 0.236 e. The van der Waals surface area contributed by atoms with Crippen molar-refractivity contribution in [1.29, 1.82) is 0 Å². The normalized spacial score (nSPS) is 21.6. The maximum atomic E-state index is 14.9. The van der Waals surface area contributed by atoms with E-state index >= 15 is 0 Å². The highest BCUT2D eigenvalue weighted by Gasteiger charge is 2.51. The highest BCUT2D eigenvalue weighted by atomic mass is 16.3. The average Bonchev–Trinajstić information content (AvgIpc) is 3.13. The molecule has 0 aliphatic heterocycles. The van der Waals surface area contributed by atoms with Crippen molar-refractivity contribution in [3.63, 3.8) is 0 Å². The summed E-state index contributed by atoms with van der Waals surface area (Å²) in [7, 11) is 0. The lowest BCUT2D eigenvalue weighted by molar-refractivity contribution is -0.150. The van der Waals surface area contributed by atoms with Crippen LogP contribution in [0.25, 0.3) is 21.5 Å². The van der Waals surface area contributed by atoms with E-state index in [0.29, 0.717) is 38.5 Å². The van der Waals surface area contributed by atoms with Gasteiger partial charge in [0.15, 0.2) is 0 Å². The number of benzene rings is 4. The van der Waals surface area contributed by atoms with Crippen molar-refractivity contribution in [3.05, 3.63) is 96.1 Å². The summed E-state index contributed by atoms with van der Waals surface area (Å²) in [6.45, 7) is 0. The predicted octanol–water partition coefficient (Wildman–Crippen LogP) is 8.35. The Morgan fingerprint density at radius 1 is 0.479 bits per heavy atom. The van der Waals surface area contributed by atoms with Gasteiger partial charge in [0.25, 0.3) is 0 Å². The number of fused-ring (bicyclic) bond motifs is 2. The summed E-state index contributed by atoms with van der Waals surface area (Å²) in [5.74, 6) is -0.632. The van der Waals surface area contributed by atoms with Crippen LogP contribution >= 0.6 is 0 Å². The van der Waals surface area contributed by atoms with Crippen LogP contribution in [0.4, 0.5) is 0 Å². The summed E-state index contributed by atoms with van der Waals surface area (Å²) in [4.78, 5) is 29.8. The van der Waals surface area contributed by atoms with Crippen LogP contribution in [0.3, 0.4) is 0 Å². The van der Waals surface area contributed by atoms with Crippen molar-refractivity contribution in [3.8, 4) is 0 Å². The first kappa shape index (κ1) is 32.8. The minimum atomic E-state index is -1.31. The van der Waals surface area contributed by atoms with Gasteiger partial charge in [-0.05, 0) is 71.2 Å². The van der Waals surface area contributed by atoms with Crippen molar-refractivity contribution in [2.75, 3.05) is 0 Å². The molecule has 6 nitrogen and oxygen atoms in total. The summed E-state index contributed by atoms with van der Waals surface area (Å²) < 4.78 is 0. The second-order valence-corrected chi connectivity index (χ2v) is 14.9. The summed E-state index contributed by atoms with van der Waals surface area (Å²) in [5, 5.41) is 35.3. The summed E-state index contributed by atoms with van der Waals surface area (Å²) in [6, 6.07) is 27.0. The van der Waals surface area contributed by atoms with E-state index in [1.54, 1.807) is 0 Å². The lowest BCUT2D eigenvalue weighted by Crippen LogP contribution is -2.58. The number of hydrogen-bond acceptors (Lipinski definition) is 4. The van der Waals surface area contributed by atoms with Gasteiger partial charge in [0.2, 0.25) is 11.8 Å². The highest BCUT2D eigenvalue weighted by molar-refractivity contribution is 6.06. The number of hydrogen-bond donors (Lipinski definition) is 4. The molecule has 6 heteroatoms. The topological polar surface area (TPSA) is 98.7 Å². The summed E-state index contributed by atoms with van der Waals surface area (Å²) >= 11 is 0. The van der Waals surface area contributed by atoms with Gasteiger partial charge in [-0.1, -0.05) is 143 Å². The number of amides is 2. The molecular weight excluding hydrogens is 596 g/mol. The molecule has 4 aromatic carbocycles. The minimum absolute atomic E-state index is 0.316. The zero-order valence-electron chi connectivity index (χ0n) is 28.1. The fourth-order valence-corrected chi connectivity index (χ4v) is 9.16. The Balaban J connectivity index is 1.27. The molecule has 3 aliphatic carbocycles. The molecule has 3 fully saturated rings. The van der Waals surface area contributed by atoms with Crippen LogP contribution in [0.1, 0.15) is 120 Å². The fraction of sp³-hybridized carbons (Fsp3) is 0.476. The summed E-state index contributed by atoms with van der Waals surface area (Å²) in [6.07, 6.45) is 11.4. The van der Waals surface area contributed by atoms with E-state index in [4.69, 9.17) is 0 Å². The highest BCUT2D eigenvalue weighted by Crippen LogP contribution is 2.45. The average molecular weight is 647 g/mol. The Morgan fingerprint density at radius 2 is 0.833 bits per heavy atom. The standard InChI is InChI=1S/C42H50N2O4/c45-38(43-36(41(47)26-10-2-11-27-41)34-22-14-18-30-16-4-6-20-32(30)34)40(24-8-1-9-25-40)39(46)44-37(42(48)28-12-3-13-29-42)35-23-15-19-31-17-5-7-21-33(31)35/h4-7,14-23,36-37,47-48H,1-3,8-13,24-29H2,(H,43,45)(H,44,46)/t36-,37-/m0/s1. The Morgan fingerprint density at radius 3 is 1.25 bits per heavy atom. The zero-order chi connectivity index (χ0) is 33.2. The monoisotopic (exact) mass is 646 g/mol. The van der Waals surface area contributed by atoms with E-state index in [2.05, 4.69) is 47.0 Å². The summed E-state index contributed by atoms with van der Waals surface area (Å²) in [5.41, 5.74) is -1.76. The van der Waals surface area contributed by atoms with Gasteiger partial charge >= 0.3 is 0 Å². The molecule has 48 heavy (non-hydrogen) atoms. The van der Waals surface area contributed by atoms with Crippen LogP contribution in [-0.4, -0.2) is 33.2 Å². The van der Waals surface area contributed by atoms with E-state index in [1.165, 1.54) is 0 Å². The van der Waals surface area contributed by atoms with Crippen molar-refractivity contribution in [1.82, 2.24) is 10.6 Å². The predicted molar refractivity (Wildman–Crippen MR) is 191 cm³/mol. The van der Waals surface area contributed by atoms with Crippen LogP contribution in [0, 0.1) is 5.41 Å². The fourth-order valence-electron chi connectivity index (χ4n) is 9.16. The first-order valence-corrected chi connectivity index (χ1v) is 18.4. The Labute approximate surface area is 284 Å². The maximum absolute atomic E-state index is 14.9. The van der Waals surface area contributed by atoms with Gasteiger partial charge in [-0.2, -0.15) is 0 Å². The molecule has 0 spiro atoms. The van der Waals surface area contributed by atoms with E-state index in [-0.39, 0.29) is 11.8 Å². The van der Waals surface area contributed by atoms with Crippen LogP contribution in [0.15, 0.2) is 84.9 Å². The third-order valence-electron chi connectivity index (χ3n) is 11.9. The molecule has 0 saturated heterocycles. The van der Waals surface area contributed by atoms with Gasteiger partial charge < -0.3 is 20.8 Å². The van der Waals surface area contributed by atoms with Gasteiger partial charge in [0.1, 0.15) is 5.41 Å². The molecule has 0 bridgehead atoms. The van der Waals surface area contributed by atoms with Crippen LogP contribution < -0.4 is 10.6 Å². The number of aliphatic hydroxyl groups is 2. The number of carbonyl (C=O) groups is 2. The second kappa shape index (κ2) is 13.6. The Bertz CT molecular complexity index is 1630. The van der Waals surface area contributed by atoms with Crippen molar-refractivity contribution in [2.45, 2.75) is 120 Å². The van der Waals surface area contributed by atoms with Gasteiger partial charge in [-0.15, -0.1) is 0 Å². The van der Waals surface area contributed by atoms with E-state index < -0.39 is 28.7 Å². The van der Waals surface area contributed by atoms with Gasteiger partial charge in [-0.25, -0.2) is 0 Å². The third kappa shape index (κ3) is 6.14. The SMILES string of the molecule is O=C(N[C@@H](c1cccc2ccccc12)C1(O)CCCCC1)C1(C(=O)N[C@@H](c2cccc3ccccc23)C2(O)CCCCC2)CCCCC1. The molecule has 4 aromatic rings. The van der Waals surface area contributed by atoms with Crippen molar-refractivity contribution in [2.24, 2.45) is 5.41 Å². The van der Waals surface area contributed by atoms with E-state index in [9.17, 15) is 19.8 Å². The van der Waals surface area contributed by atoms with Crippen molar-refractivity contribution < 1.29 is 19.8 Å². The van der Waals surface area contributed by atoms with Crippen molar-refractivity contribution >= 4 is 33.4 Å². The molecule has 0 heterocycles. The molecule has 3 saturated carbocycles. The van der Waals surface area contributed by atoms with Crippen LogP contribution in [0.5, 0.6) is 0 Å². The van der Waals surface area contributed by atoms with Gasteiger partial charge in [-0.3, -0.25) is 9.59 Å². The molecule has 3 aliphatic rings. The van der Waals surface area contributed by atoms with Crippen LogP contribution in [0.2, 0.25) is 0 Å². The third-order valence-corrected chi connectivity index (χ3v) is 11.9. The molecular formula is C42H50N2O4. The maximum Gasteiger partial charge on any atom is 0.236 e. The number of carbonyl (C=O) groups excluding carboxylic acids is 2. The van der Waals surface area contributed by atoms with Gasteiger partial charge in [0.05, 0.1) is 23.3 Å². The van der Waals surface area contributed by atoms with Crippen LogP contribution in [-0.2, 0) is 9.59 Å². The van der Waals surface area contributed by atoms with Gasteiger partial charge in [0, 0.05) is 0 Å². The molecule has 0 unspecified atom stereocenters. The van der Waals surface area contributed by atoms with E-state index in [0.717, 1.165) is 90.5 Å². The first-order chi connectivity index (χ1) is 23.3. The molecule has 2 amide bonds. The quantitative estimate of drug-likeness (QED) is 0.145. The zero-order valence-corrected chi connectivity index (χ0v) is 28.1. The molecule has 7 rings (SSSR count). The Kier molecular flexibility index (Phi) is 9.32. The molecule has 0 aromatic heterocycles. The molecule has 0 radical (unpaired) electrons. The molecule has 2 atom stereocenters. The number of rotatable bonds is 8. The largest absolute Gasteiger partial charge is 0.387 e.